The number of aromatic nitrogens is 2. The van der Waals surface area contributed by atoms with Crippen LogP contribution in [0.25, 0.3) is 10.6 Å². The van der Waals surface area contributed by atoms with Crippen molar-refractivity contribution in [3.8, 4) is 10.6 Å². The molecule has 25 heavy (non-hydrogen) atoms. The van der Waals surface area contributed by atoms with Crippen molar-refractivity contribution >= 4 is 28.3 Å². The smallest absolute Gasteiger partial charge is 0.255 e. The molecule has 128 valence electrons. The monoisotopic (exact) mass is 356 g/mol. The molecule has 3 aromatic rings. The Balaban J connectivity index is 1.66. The lowest BCUT2D eigenvalue weighted by molar-refractivity contribution is -0.117. The largest absolute Gasteiger partial charge is 0.472 e. The van der Waals surface area contributed by atoms with E-state index in [1.54, 1.807) is 13.1 Å². The number of pyridine rings is 1. The van der Waals surface area contributed by atoms with Gasteiger partial charge in [0.1, 0.15) is 12.3 Å². The molecule has 0 fully saturated rings. The Morgan fingerprint density at radius 2 is 2.12 bits per heavy atom. The average molecular weight is 356 g/mol. The van der Waals surface area contributed by atoms with Crippen molar-refractivity contribution in [2.45, 2.75) is 19.9 Å². The normalized spacial score (nSPS) is 11.8. The van der Waals surface area contributed by atoms with Crippen molar-refractivity contribution < 1.29 is 14.0 Å². The number of thiazole rings is 1. The second kappa shape index (κ2) is 7.27. The highest BCUT2D eigenvalue weighted by Gasteiger charge is 2.19. The Morgan fingerprint density at radius 3 is 2.80 bits per heavy atom. The fourth-order valence-corrected chi connectivity index (χ4v) is 3.08. The van der Waals surface area contributed by atoms with Crippen LogP contribution in [0.5, 0.6) is 0 Å². The fourth-order valence-electron chi connectivity index (χ4n) is 2.14. The predicted octanol–water partition coefficient (Wildman–Crippen LogP) is 2.86. The molecule has 0 aliphatic rings. The van der Waals surface area contributed by atoms with Crippen molar-refractivity contribution in [2.24, 2.45) is 0 Å². The SMILES string of the molecule is Cc1nc(NC(=O)[C@H](C)NC(=O)c2ccoc2)sc1-c1ccccn1. The first kappa shape index (κ1) is 16.8. The van der Waals surface area contributed by atoms with Gasteiger partial charge >= 0.3 is 0 Å². The average Bonchev–Trinajstić information content (AvgIpc) is 3.25. The maximum atomic E-state index is 12.3. The molecule has 0 unspecified atom stereocenters. The van der Waals surface area contributed by atoms with E-state index in [0.29, 0.717) is 10.7 Å². The van der Waals surface area contributed by atoms with Crippen LogP contribution in [0.2, 0.25) is 0 Å². The van der Waals surface area contributed by atoms with Gasteiger partial charge in [-0.3, -0.25) is 14.6 Å². The zero-order valence-electron chi connectivity index (χ0n) is 13.6. The standard InChI is InChI=1S/C17H16N4O3S/c1-10-14(13-5-3-4-7-18-13)25-17(20-10)21-15(22)11(2)19-16(23)12-6-8-24-9-12/h3-9,11H,1-2H3,(H,19,23)(H,20,21,22)/t11-/m0/s1. The number of hydrogen-bond donors (Lipinski definition) is 2. The number of nitrogens with zero attached hydrogens (tertiary/aromatic N) is 2. The van der Waals surface area contributed by atoms with Crippen molar-refractivity contribution in [1.82, 2.24) is 15.3 Å². The highest BCUT2D eigenvalue weighted by molar-refractivity contribution is 7.19. The molecule has 0 saturated carbocycles. The zero-order valence-corrected chi connectivity index (χ0v) is 14.5. The lowest BCUT2D eigenvalue weighted by Gasteiger charge is -2.12. The first-order valence-corrected chi connectivity index (χ1v) is 8.39. The molecule has 8 heteroatoms. The maximum Gasteiger partial charge on any atom is 0.255 e. The lowest BCUT2D eigenvalue weighted by atomic mass is 10.2. The summed E-state index contributed by atoms with van der Waals surface area (Å²) in [5.41, 5.74) is 1.95. The summed E-state index contributed by atoms with van der Waals surface area (Å²) >= 11 is 1.34. The topological polar surface area (TPSA) is 97.1 Å². The zero-order chi connectivity index (χ0) is 17.8. The molecule has 0 aliphatic carbocycles. The van der Waals surface area contributed by atoms with Gasteiger partial charge in [-0.25, -0.2) is 4.98 Å². The van der Waals surface area contributed by atoms with E-state index in [1.165, 1.54) is 29.9 Å². The number of carbonyl (C=O) groups is 2. The van der Waals surface area contributed by atoms with E-state index < -0.39 is 6.04 Å². The van der Waals surface area contributed by atoms with E-state index in [-0.39, 0.29) is 11.8 Å². The Hall–Kier alpha value is -3.00. The molecule has 0 radical (unpaired) electrons. The number of aryl methyl sites for hydroxylation is 1. The molecule has 0 aromatic carbocycles. The van der Waals surface area contributed by atoms with Gasteiger partial charge in [-0.15, -0.1) is 0 Å². The highest BCUT2D eigenvalue weighted by Crippen LogP contribution is 2.31. The molecule has 2 N–H and O–H groups in total. The Kier molecular flexibility index (Phi) is 4.90. The molecule has 2 amide bonds. The van der Waals surface area contributed by atoms with Gasteiger partial charge in [0.15, 0.2) is 5.13 Å². The van der Waals surface area contributed by atoms with E-state index in [9.17, 15) is 9.59 Å². The number of amides is 2. The van der Waals surface area contributed by atoms with E-state index in [2.05, 4.69) is 20.6 Å². The third kappa shape index (κ3) is 3.92. The van der Waals surface area contributed by atoms with Gasteiger partial charge in [-0.2, -0.15) is 0 Å². The summed E-state index contributed by atoms with van der Waals surface area (Å²) < 4.78 is 4.86. The van der Waals surface area contributed by atoms with Crippen molar-refractivity contribution in [1.29, 1.82) is 0 Å². The minimum absolute atomic E-state index is 0.349. The molecule has 3 aromatic heterocycles. The molecule has 7 nitrogen and oxygen atoms in total. The minimum Gasteiger partial charge on any atom is -0.472 e. The number of hydrogen-bond acceptors (Lipinski definition) is 6. The van der Waals surface area contributed by atoms with E-state index in [4.69, 9.17) is 4.42 Å². The van der Waals surface area contributed by atoms with Gasteiger partial charge in [0.2, 0.25) is 5.91 Å². The van der Waals surface area contributed by atoms with Gasteiger partial charge in [-0.05, 0) is 32.0 Å². The van der Waals surface area contributed by atoms with Crippen LogP contribution in [0.4, 0.5) is 5.13 Å². The summed E-state index contributed by atoms with van der Waals surface area (Å²) in [6.45, 7) is 3.47. The summed E-state index contributed by atoms with van der Waals surface area (Å²) in [7, 11) is 0. The van der Waals surface area contributed by atoms with Crippen LogP contribution in [-0.4, -0.2) is 27.8 Å². The highest BCUT2D eigenvalue weighted by atomic mass is 32.1. The Bertz CT molecular complexity index is 875. The second-order valence-electron chi connectivity index (χ2n) is 5.34. The minimum atomic E-state index is -0.718. The fraction of sp³-hybridized carbons (Fsp3) is 0.176. The van der Waals surface area contributed by atoms with Crippen LogP contribution in [-0.2, 0) is 4.79 Å². The third-order valence-electron chi connectivity index (χ3n) is 3.45. The first-order chi connectivity index (χ1) is 12.0. The van der Waals surface area contributed by atoms with Gasteiger partial charge in [0.25, 0.3) is 5.91 Å². The number of anilines is 1. The van der Waals surface area contributed by atoms with Crippen LogP contribution in [0.3, 0.4) is 0 Å². The van der Waals surface area contributed by atoms with Gasteiger partial charge < -0.3 is 15.1 Å². The predicted molar refractivity (Wildman–Crippen MR) is 94.3 cm³/mol. The molecular weight excluding hydrogens is 340 g/mol. The molecule has 0 bridgehead atoms. The van der Waals surface area contributed by atoms with Crippen LogP contribution in [0.1, 0.15) is 23.0 Å². The van der Waals surface area contributed by atoms with Crippen molar-refractivity contribution in [3.05, 3.63) is 54.2 Å². The van der Waals surface area contributed by atoms with Gasteiger partial charge in [0.05, 0.1) is 28.1 Å². The summed E-state index contributed by atoms with van der Waals surface area (Å²) in [5, 5.41) is 5.80. The first-order valence-electron chi connectivity index (χ1n) is 7.57. The molecule has 0 aliphatic heterocycles. The lowest BCUT2D eigenvalue weighted by Crippen LogP contribution is -2.41. The van der Waals surface area contributed by atoms with Crippen molar-refractivity contribution in [3.63, 3.8) is 0 Å². The quantitative estimate of drug-likeness (QED) is 0.733. The van der Waals surface area contributed by atoms with Gasteiger partial charge in [0, 0.05) is 6.20 Å². The van der Waals surface area contributed by atoms with Crippen LogP contribution >= 0.6 is 11.3 Å². The molecule has 3 heterocycles. The molecule has 3 rings (SSSR count). The van der Waals surface area contributed by atoms with Gasteiger partial charge in [-0.1, -0.05) is 17.4 Å². The summed E-state index contributed by atoms with van der Waals surface area (Å²) in [4.78, 5) is 33.8. The molecule has 0 saturated heterocycles. The number of rotatable bonds is 5. The number of carbonyl (C=O) groups excluding carboxylic acids is 2. The summed E-state index contributed by atoms with van der Waals surface area (Å²) in [5.74, 6) is -0.723. The summed E-state index contributed by atoms with van der Waals surface area (Å²) in [6.07, 6.45) is 4.43. The van der Waals surface area contributed by atoms with E-state index in [1.807, 2.05) is 25.1 Å². The Morgan fingerprint density at radius 1 is 1.28 bits per heavy atom. The maximum absolute atomic E-state index is 12.3. The number of nitrogens with one attached hydrogen (secondary N) is 2. The third-order valence-corrected chi connectivity index (χ3v) is 4.54. The number of furan rings is 1. The van der Waals surface area contributed by atoms with E-state index in [0.717, 1.165) is 16.3 Å². The molecule has 0 spiro atoms. The second-order valence-corrected chi connectivity index (χ2v) is 6.34. The van der Waals surface area contributed by atoms with Crippen LogP contribution in [0, 0.1) is 6.92 Å². The van der Waals surface area contributed by atoms with Crippen molar-refractivity contribution in [2.75, 3.05) is 5.32 Å². The van der Waals surface area contributed by atoms with Crippen LogP contribution in [0.15, 0.2) is 47.4 Å². The molecule has 1 atom stereocenters. The van der Waals surface area contributed by atoms with Crippen LogP contribution < -0.4 is 10.6 Å². The summed E-state index contributed by atoms with van der Waals surface area (Å²) in [6, 6.07) is 6.44. The Labute approximate surface area is 148 Å². The molecular formula is C17H16N4O3S. The van der Waals surface area contributed by atoms with E-state index >= 15 is 0 Å².